The Morgan fingerprint density at radius 2 is 1.70 bits per heavy atom. The van der Waals surface area contributed by atoms with Crippen LogP contribution in [-0.2, 0) is 0 Å². The summed E-state index contributed by atoms with van der Waals surface area (Å²) in [4.78, 5) is 0. The molecule has 5 rings (SSSR count). The predicted octanol–water partition coefficient (Wildman–Crippen LogP) is 9.85. The van der Waals surface area contributed by atoms with Crippen LogP contribution in [0.1, 0.15) is 80.8 Å². The van der Waals surface area contributed by atoms with Gasteiger partial charge in [-0.3, -0.25) is 0 Å². The Morgan fingerprint density at radius 1 is 0.973 bits per heavy atom. The summed E-state index contributed by atoms with van der Waals surface area (Å²) in [5.74, 6) is 1.76. The van der Waals surface area contributed by atoms with E-state index >= 15 is 0 Å². The minimum absolute atomic E-state index is 0.0665. The number of fused-ring (bicyclic) bond motifs is 3. The molecule has 37 heavy (non-hydrogen) atoms. The van der Waals surface area contributed by atoms with Gasteiger partial charge in [-0.1, -0.05) is 78.7 Å². The average molecular weight is 647 g/mol. The van der Waals surface area contributed by atoms with Crippen LogP contribution in [0.5, 0.6) is 11.5 Å². The Balaban J connectivity index is 1.35. The molecule has 0 N–H and O–H groups in total. The maximum absolute atomic E-state index is 6.60. The van der Waals surface area contributed by atoms with Gasteiger partial charge in [0.15, 0.2) is 0 Å². The van der Waals surface area contributed by atoms with Crippen LogP contribution >= 0.6 is 43.5 Å². The number of hydrogen-bond donors (Lipinski definition) is 0. The number of rotatable bonds is 10. The van der Waals surface area contributed by atoms with Crippen LogP contribution in [0.25, 0.3) is 0 Å². The third-order valence-electron chi connectivity index (χ3n) is 6.92. The molecule has 2 atom stereocenters. The maximum atomic E-state index is 6.60. The van der Waals surface area contributed by atoms with Crippen LogP contribution in [-0.4, -0.2) is 17.3 Å². The molecule has 194 valence electrons. The first-order valence-electron chi connectivity index (χ1n) is 13.0. The normalized spacial score (nSPS) is 18.2. The fourth-order valence-electron chi connectivity index (χ4n) is 4.95. The summed E-state index contributed by atoms with van der Waals surface area (Å²) in [6.45, 7) is 3.00. The van der Waals surface area contributed by atoms with Crippen LogP contribution in [0.15, 0.2) is 74.7 Å². The summed E-state index contributed by atoms with van der Waals surface area (Å²) in [7, 11) is 0. The fraction of sp³-hybridized carbons (Fsp3) is 0.367. The molecule has 2 heterocycles. The minimum Gasteiger partial charge on any atom is -0.494 e. The van der Waals surface area contributed by atoms with Crippen molar-refractivity contribution in [2.24, 2.45) is 5.10 Å². The molecule has 0 bridgehead atoms. The van der Waals surface area contributed by atoms with Crippen LogP contribution in [0.2, 0.25) is 5.02 Å². The van der Waals surface area contributed by atoms with Gasteiger partial charge in [-0.05, 0) is 76.4 Å². The molecule has 0 aliphatic carbocycles. The second kappa shape index (κ2) is 12.2. The monoisotopic (exact) mass is 644 g/mol. The van der Waals surface area contributed by atoms with Gasteiger partial charge in [-0.2, -0.15) is 5.10 Å². The number of ether oxygens (including phenoxy) is 2. The summed E-state index contributed by atoms with van der Waals surface area (Å²) in [5.41, 5.74) is 4.26. The number of hydrazone groups is 1. The van der Waals surface area contributed by atoms with Gasteiger partial charge in [0.2, 0.25) is 6.23 Å². The number of nitrogens with zero attached hydrogens (tertiary/aromatic N) is 2. The van der Waals surface area contributed by atoms with Crippen molar-refractivity contribution in [1.82, 2.24) is 5.01 Å². The van der Waals surface area contributed by atoms with E-state index in [4.69, 9.17) is 26.2 Å². The van der Waals surface area contributed by atoms with Crippen LogP contribution in [0.3, 0.4) is 0 Å². The predicted molar refractivity (Wildman–Crippen MR) is 158 cm³/mol. The molecule has 0 radical (unpaired) electrons. The maximum Gasteiger partial charge on any atom is 0.213 e. The van der Waals surface area contributed by atoms with E-state index in [1.165, 1.54) is 32.1 Å². The summed E-state index contributed by atoms with van der Waals surface area (Å²) in [6, 6.07) is 20.4. The van der Waals surface area contributed by atoms with Gasteiger partial charge in [-0.25, -0.2) is 5.01 Å². The molecule has 0 unspecified atom stereocenters. The Labute approximate surface area is 241 Å². The van der Waals surface area contributed by atoms with Crippen molar-refractivity contribution in [3.8, 4) is 11.5 Å². The number of hydrogen-bond acceptors (Lipinski definition) is 4. The van der Waals surface area contributed by atoms with E-state index < -0.39 is 0 Å². The first-order chi connectivity index (χ1) is 18.0. The molecule has 7 heteroatoms. The standard InChI is InChI=1S/C30H31Br2ClN2O2/c1-2-3-4-5-6-7-16-36-24-14-10-21(11-15-24)30-35-28(25-17-22(31)18-26(32)29(25)37-30)19-27(34-35)20-8-12-23(33)13-9-20/h8-15,17-18,28,30H,2-7,16,19H2,1H3/t28-,30-/m0/s1. The van der Waals surface area contributed by atoms with E-state index in [-0.39, 0.29) is 12.3 Å². The van der Waals surface area contributed by atoms with E-state index in [2.05, 4.69) is 62.0 Å². The van der Waals surface area contributed by atoms with Gasteiger partial charge in [0.05, 0.1) is 22.8 Å². The highest BCUT2D eigenvalue weighted by Crippen LogP contribution is 2.51. The molecule has 0 fully saturated rings. The van der Waals surface area contributed by atoms with Crippen molar-refractivity contribution in [2.75, 3.05) is 6.61 Å². The molecule has 2 aliphatic heterocycles. The lowest BCUT2D eigenvalue weighted by Crippen LogP contribution is -2.33. The van der Waals surface area contributed by atoms with E-state index in [1.807, 2.05) is 42.5 Å². The summed E-state index contributed by atoms with van der Waals surface area (Å²) < 4.78 is 14.5. The molecule has 3 aromatic rings. The average Bonchev–Trinajstić information content (AvgIpc) is 3.35. The van der Waals surface area contributed by atoms with Crippen molar-refractivity contribution in [1.29, 1.82) is 0 Å². The van der Waals surface area contributed by atoms with E-state index in [9.17, 15) is 0 Å². The van der Waals surface area contributed by atoms with Crippen molar-refractivity contribution < 1.29 is 9.47 Å². The molecule has 0 saturated heterocycles. The Hall–Kier alpha value is -2.02. The highest BCUT2D eigenvalue weighted by Gasteiger charge is 2.42. The van der Waals surface area contributed by atoms with Crippen LogP contribution in [0, 0.1) is 0 Å². The molecule has 0 amide bonds. The molecule has 0 aromatic heterocycles. The molecule has 4 nitrogen and oxygen atoms in total. The second-order valence-corrected chi connectivity index (χ2v) is 11.8. The van der Waals surface area contributed by atoms with E-state index in [0.29, 0.717) is 0 Å². The first kappa shape index (κ1) is 26.6. The number of halogens is 3. The molecular formula is C30H31Br2ClN2O2. The lowest BCUT2D eigenvalue weighted by Gasteiger charge is -2.38. The van der Waals surface area contributed by atoms with Crippen LogP contribution < -0.4 is 9.47 Å². The van der Waals surface area contributed by atoms with Crippen LogP contribution in [0.4, 0.5) is 0 Å². The van der Waals surface area contributed by atoms with Gasteiger partial charge in [-0.15, -0.1) is 0 Å². The van der Waals surface area contributed by atoms with Crippen molar-refractivity contribution >= 4 is 49.2 Å². The number of benzene rings is 3. The lowest BCUT2D eigenvalue weighted by molar-refractivity contribution is -0.0197. The third kappa shape index (κ3) is 6.18. The summed E-state index contributed by atoms with van der Waals surface area (Å²) >= 11 is 13.5. The van der Waals surface area contributed by atoms with Gasteiger partial charge in [0.1, 0.15) is 11.5 Å². The van der Waals surface area contributed by atoms with Crippen molar-refractivity contribution in [2.45, 2.75) is 64.1 Å². The molecule has 0 spiro atoms. The fourth-order valence-corrected chi connectivity index (χ4v) is 6.43. The van der Waals surface area contributed by atoms with Crippen molar-refractivity contribution in [3.63, 3.8) is 0 Å². The summed E-state index contributed by atoms with van der Waals surface area (Å²) in [5, 5.41) is 7.87. The van der Waals surface area contributed by atoms with Gasteiger partial charge in [0.25, 0.3) is 0 Å². The smallest absolute Gasteiger partial charge is 0.213 e. The van der Waals surface area contributed by atoms with E-state index in [0.717, 1.165) is 67.3 Å². The zero-order valence-corrected chi connectivity index (χ0v) is 24.9. The largest absolute Gasteiger partial charge is 0.494 e. The molecule has 2 aliphatic rings. The zero-order chi connectivity index (χ0) is 25.8. The Morgan fingerprint density at radius 3 is 2.46 bits per heavy atom. The minimum atomic E-state index is -0.340. The van der Waals surface area contributed by atoms with Gasteiger partial charge in [0, 0.05) is 27.0 Å². The number of unbranched alkanes of at least 4 members (excludes halogenated alkanes) is 5. The Kier molecular flexibility index (Phi) is 8.78. The highest BCUT2D eigenvalue weighted by molar-refractivity contribution is 9.11. The second-order valence-electron chi connectivity index (χ2n) is 9.61. The lowest BCUT2D eigenvalue weighted by atomic mass is 9.96. The van der Waals surface area contributed by atoms with Gasteiger partial charge < -0.3 is 9.47 Å². The van der Waals surface area contributed by atoms with Crippen molar-refractivity contribution in [3.05, 3.63) is 91.3 Å². The highest BCUT2D eigenvalue weighted by atomic mass is 79.9. The topological polar surface area (TPSA) is 34.1 Å². The molecular weight excluding hydrogens is 616 g/mol. The van der Waals surface area contributed by atoms with Gasteiger partial charge >= 0.3 is 0 Å². The Bertz CT molecular complexity index is 1250. The molecule has 3 aromatic carbocycles. The quantitative estimate of drug-likeness (QED) is 0.206. The summed E-state index contributed by atoms with van der Waals surface area (Å²) in [6.07, 6.45) is 7.98. The third-order valence-corrected chi connectivity index (χ3v) is 8.22. The zero-order valence-electron chi connectivity index (χ0n) is 20.9. The first-order valence-corrected chi connectivity index (χ1v) is 15.0. The SMILES string of the molecule is CCCCCCCCOc1ccc([C@@H]2Oc3c(Br)cc(Br)cc3[C@@H]3CC(c4ccc(Cl)cc4)=NN32)cc1. The molecule has 0 saturated carbocycles. The van der Waals surface area contributed by atoms with E-state index in [1.54, 1.807) is 0 Å².